The van der Waals surface area contributed by atoms with Crippen molar-refractivity contribution in [2.45, 2.75) is 32.8 Å². The van der Waals surface area contributed by atoms with Crippen molar-refractivity contribution in [2.24, 2.45) is 5.92 Å². The Kier molecular flexibility index (Phi) is 4.49. The normalized spacial score (nSPS) is 15.4. The van der Waals surface area contributed by atoms with E-state index in [0.717, 1.165) is 0 Å². The van der Waals surface area contributed by atoms with Gasteiger partial charge < -0.3 is 9.64 Å². The van der Waals surface area contributed by atoms with Gasteiger partial charge in [-0.25, -0.2) is 13.6 Å². The SMILES string of the molecule is CC(C)(C)OC(=O)N1CC(Cc2cc(F)c(C=O)c(F)c2)C1. The average Bonchev–Trinajstić information content (AvgIpc) is 2.30. The van der Waals surface area contributed by atoms with Gasteiger partial charge in [-0.3, -0.25) is 4.79 Å². The molecule has 0 radical (unpaired) electrons. The lowest BCUT2D eigenvalue weighted by atomic mass is 9.92. The summed E-state index contributed by atoms with van der Waals surface area (Å²) in [6, 6.07) is 2.34. The Morgan fingerprint density at radius 2 is 1.86 bits per heavy atom. The lowest BCUT2D eigenvalue weighted by Crippen LogP contribution is -2.52. The van der Waals surface area contributed by atoms with Crippen LogP contribution in [-0.2, 0) is 11.2 Å². The molecule has 0 bridgehead atoms. The van der Waals surface area contributed by atoms with Gasteiger partial charge in [-0.15, -0.1) is 0 Å². The van der Waals surface area contributed by atoms with Gasteiger partial charge in [0.1, 0.15) is 17.2 Å². The Labute approximate surface area is 128 Å². The van der Waals surface area contributed by atoms with Crippen molar-refractivity contribution >= 4 is 12.4 Å². The molecular formula is C16H19F2NO3. The van der Waals surface area contributed by atoms with Crippen molar-refractivity contribution in [1.82, 2.24) is 4.90 Å². The van der Waals surface area contributed by atoms with Crippen LogP contribution in [0.25, 0.3) is 0 Å². The molecule has 1 aliphatic heterocycles. The minimum atomic E-state index is -0.853. The molecule has 0 spiro atoms. The number of likely N-dealkylation sites (tertiary alicyclic amines) is 1. The fraction of sp³-hybridized carbons (Fsp3) is 0.500. The predicted octanol–water partition coefficient (Wildman–Crippen LogP) is 3.19. The highest BCUT2D eigenvalue weighted by Gasteiger charge is 2.33. The van der Waals surface area contributed by atoms with Crippen LogP contribution in [0.4, 0.5) is 13.6 Å². The van der Waals surface area contributed by atoms with Crippen molar-refractivity contribution < 1.29 is 23.1 Å². The van der Waals surface area contributed by atoms with E-state index in [1.807, 2.05) is 0 Å². The number of carbonyl (C=O) groups excluding carboxylic acids is 2. The van der Waals surface area contributed by atoms with Gasteiger partial charge in [0.15, 0.2) is 6.29 Å². The molecule has 0 N–H and O–H groups in total. The van der Waals surface area contributed by atoms with E-state index >= 15 is 0 Å². The van der Waals surface area contributed by atoms with E-state index in [1.54, 1.807) is 25.7 Å². The second-order valence-electron chi connectivity index (χ2n) is 6.55. The number of carbonyl (C=O) groups is 2. The van der Waals surface area contributed by atoms with Crippen molar-refractivity contribution in [3.05, 3.63) is 34.9 Å². The molecule has 1 fully saturated rings. The molecule has 120 valence electrons. The van der Waals surface area contributed by atoms with Gasteiger partial charge in [-0.05, 0) is 50.8 Å². The molecular weight excluding hydrogens is 292 g/mol. The zero-order chi connectivity index (χ0) is 16.5. The summed E-state index contributed by atoms with van der Waals surface area (Å²) >= 11 is 0. The molecule has 1 amide bonds. The maximum atomic E-state index is 13.5. The third-order valence-electron chi connectivity index (χ3n) is 3.39. The number of ether oxygens (including phenoxy) is 1. The predicted molar refractivity (Wildman–Crippen MR) is 76.7 cm³/mol. The van der Waals surface area contributed by atoms with Crippen molar-refractivity contribution in [3.8, 4) is 0 Å². The molecule has 1 aromatic carbocycles. The molecule has 1 aromatic rings. The quantitative estimate of drug-likeness (QED) is 0.805. The van der Waals surface area contributed by atoms with Crippen LogP contribution in [0.2, 0.25) is 0 Å². The molecule has 4 nitrogen and oxygen atoms in total. The number of nitrogens with zero attached hydrogens (tertiary/aromatic N) is 1. The summed E-state index contributed by atoms with van der Waals surface area (Å²) in [6.07, 6.45) is 0.242. The van der Waals surface area contributed by atoms with Crippen molar-refractivity contribution in [3.63, 3.8) is 0 Å². The van der Waals surface area contributed by atoms with Crippen LogP contribution in [0.15, 0.2) is 12.1 Å². The van der Waals surface area contributed by atoms with Gasteiger partial charge in [0.2, 0.25) is 0 Å². The first-order valence-electron chi connectivity index (χ1n) is 7.10. The first-order chi connectivity index (χ1) is 10.2. The van der Waals surface area contributed by atoms with E-state index in [1.165, 1.54) is 12.1 Å². The molecule has 1 aliphatic rings. The molecule has 1 saturated heterocycles. The Balaban J connectivity index is 1.91. The van der Waals surface area contributed by atoms with Gasteiger partial charge in [0.25, 0.3) is 0 Å². The highest BCUT2D eigenvalue weighted by Crippen LogP contribution is 2.24. The van der Waals surface area contributed by atoms with E-state index in [-0.39, 0.29) is 18.3 Å². The summed E-state index contributed by atoms with van der Waals surface area (Å²) in [4.78, 5) is 23.9. The van der Waals surface area contributed by atoms with Crippen LogP contribution in [0, 0.1) is 17.6 Å². The topological polar surface area (TPSA) is 46.6 Å². The number of hydrogen-bond donors (Lipinski definition) is 0. The van der Waals surface area contributed by atoms with Gasteiger partial charge in [0.05, 0.1) is 5.56 Å². The number of hydrogen-bond acceptors (Lipinski definition) is 3. The molecule has 6 heteroatoms. The van der Waals surface area contributed by atoms with Crippen molar-refractivity contribution in [1.29, 1.82) is 0 Å². The summed E-state index contributed by atoms with van der Waals surface area (Å²) < 4.78 is 32.3. The highest BCUT2D eigenvalue weighted by molar-refractivity contribution is 5.75. The van der Waals surface area contributed by atoms with Crippen LogP contribution in [0.5, 0.6) is 0 Å². The van der Waals surface area contributed by atoms with E-state index < -0.39 is 22.8 Å². The van der Waals surface area contributed by atoms with Crippen LogP contribution >= 0.6 is 0 Å². The summed E-state index contributed by atoms with van der Waals surface area (Å²) in [5.41, 5.74) is -0.610. The van der Waals surface area contributed by atoms with Crippen molar-refractivity contribution in [2.75, 3.05) is 13.1 Å². The number of rotatable bonds is 3. The van der Waals surface area contributed by atoms with E-state index in [2.05, 4.69) is 0 Å². The van der Waals surface area contributed by atoms with Crippen LogP contribution in [-0.4, -0.2) is 36.0 Å². The number of halogens is 2. The van der Waals surface area contributed by atoms with Crippen LogP contribution in [0.3, 0.4) is 0 Å². The number of aldehydes is 1. The van der Waals surface area contributed by atoms with Gasteiger partial charge in [-0.1, -0.05) is 0 Å². The van der Waals surface area contributed by atoms with Crippen LogP contribution in [0.1, 0.15) is 36.7 Å². The van der Waals surface area contributed by atoms with Gasteiger partial charge in [0, 0.05) is 13.1 Å². The zero-order valence-corrected chi connectivity index (χ0v) is 12.9. The fourth-order valence-electron chi connectivity index (χ4n) is 2.38. The smallest absolute Gasteiger partial charge is 0.410 e. The van der Waals surface area contributed by atoms with E-state index in [0.29, 0.717) is 25.1 Å². The number of benzene rings is 1. The third-order valence-corrected chi connectivity index (χ3v) is 3.39. The fourth-order valence-corrected chi connectivity index (χ4v) is 2.38. The highest BCUT2D eigenvalue weighted by atomic mass is 19.1. The van der Waals surface area contributed by atoms with Crippen LogP contribution < -0.4 is 0 Å². The molecule has 0 unspecified atom stereocenters. The molecule has 0 saturated carbocycles. The lowest BCUT2D eigenvalue weighted by Gasteiger charge is -2.39. The maximum absolute atomic E-state index is 13.5. The molecule has 0 aliphatic carbocycles. The standard InChI is InChI=1S/C16H19F2NO3/c1-16(2,3)22-15(21)19-7-11(8-19)4-10-5-13(17)12(9-20)14(18)6-10/h5-6,9,11H,4,7-8H2,1-3H3. The Hall–Kier alpha value is -1.98. The third kappa shape index (κ3) is 3.81. The first kappa shape index (κ1) is 16.4. The summed E-state index contributed by atoms with van der Waals surface area (Å²) in [6.45, 7) is 6.37. The largest absolute Gasteiger partial charge is 0.444 e. The Morgan fingerprint density at radius 3 is 2.32 bits per heavy atom. The second-order valence-corrected chi connectivity index (χ2v) is 6.55. The summed E-state index contributed by atoms with van der Waals surface area (Å²) in [5.74, 6) is -1.57. The van der Waals surface area contributed by atoms with Gasteiger partial charge in [-0.2, -0.15) is 0 Å². The average molecular weight is 311 g/mol. The Bertz CT molecular complexity index is 567. The first-order valence-corrected chi connectivity index (χ1v) is 7.10. The van der Waals surface area contributed by atoms with E-state index in [9.17, 15) is 18.4 Å². The van der Waals surface area contributed by atoms with E-state index in [4.69, 9.17) is 4.74 Å². The molecule has 2 rings (SSSR count). The molecule has 0 atom stereocenters. The number of amides is 1. The molecule has 22 heavy (non-hydrogen) atoms. The summed E-state index contributed by atoms with van der Waals surface area (Å²) in [5, 5.41) is 0. The zero-order valence-electron chi connectivity index (χ0n) is 12.9. The lowest BCUT2D eigenvalue weighted by molar-refractivity contribution is -0.000911. The summed E-state index contributed by atoms with van der Waals surface area (Å²) in [7, 11) is 0. The maximum Gasteiger partial charge on any atom is 0.410 e. The Morgan fingerprint density at radius 1 is 1.32 bits per heavy atom. The monoisotopic (exact) mass is 311 g/mol. The van der Waals surface area contributed by atoms with Gasteiger partial charge >= 0.3 is 6.09 Å². The minimum absolute atomic E-state index is 0.133. The second kappa shape index (κ2) is 6.02. The molecule has 0 aromatic heterocycles. The molecule has 1 heterocycles. The minimum Gasteiger partial charge on any atom is -0.444 e.